The van der Waals surface area contributed by atoms with Gasteiger partial charge in [0.25, 0.3) is 0 Å². The van der Waals surface area contributed by atoms with Gasteiger partial charge in [-0.25, -0.2) is 4.99 Å². The second-order valence-corrected chi connectivity index (χ2v) is 6.36. The van der Waals surface area contributed by atoms with E-state index in [0.29, 0.717) is 5.58 Å². The number of rotatable bonds is 2. The number of aliphatic imine (C=N–C) groups is 2. The predicted molar refractivity (Wildman–Crippen MR) is 56.2 cm³/mol. The van der Waals surface area contributed by atoms with Crippen LogP contribution in [-0.2, 0) is 4.57 Å². The van der Waals surface area contributed by atoms with Gasteiger partial charge in [-0.1, -0.05) is 0 Å². The van der Waals surface area contributed by atoms with Crippen molar-refractivity contribution in [3.63, 3.8) is 0 Å². The first-order chi connectivity index (χ1) is 5.38. The van der Waals surface area contributed by atoms with Crippen LogP contribution in [0.15, 0.2) is 9.98 Å². The molecule has 0 aromatic heterocycles. The minimum atomic E-state index is -2.29. The second kappa shape index (κ2) is 4.56. The smallest absolute Gasteiger partial charge is 0.183 e. The molecule has 0 unspecified atom stereocenters. The molecule has 0 atom stereocenters. The fourth-order valence-electron chi connectivity index (χ4n) is 0.658. The van der Waals surface area contributed by atoms with Crippen molar-refractivity contribution in [2.24, 2.45) is 9.98 Å². The molecule has 0 spiro atoms. The van der Waals surface area contributed by atoms with Crippen molar-refractivity contribution < 1.29 is 4.57 Å². The van der Waals surface area contributed by atoms with Crippen molar-refractivity contribution >= 4 is 18.9 Å². The Morgan fingerprint density at radius 2 is 1.92 bits per heavy atom. The molecule has 0 bridgehead atoms. The van der Waals surface area contributed by atoms with Gasteiger partial charge >= 0.3 is 0 Å². The molecular formula is C8H17N2OP. The monoisotopic (exact) mass is 188 g/mol. The van der Waals surface area contributed by atoms with Crippen LogP contribution in [-0.4, -0.2) is 31.2 Å². The zero-order chi connectivity index (χ0) is 9.78. The lowest BCUT2D eigenvalue weighted by Crippen LogP contribution is -2.00. The van der Waals surface area contributed by atoms with Gasteiger partial charge in [0.1, 0.15) is 7.14 Å². The van der Waals surface area contributed by atoms with Crippen LogP contribution in [0.2, 0.25) is 0 Å². The van der Waals surface area contributed by atoms with Gasteiger partial charge in [0.15, 0.2) is 5.58 Å². The topological polar surface area (TPSA) is 41.8 Å². The molecule has 0 radical (unpaired) electrons. The van der Waals surface area contributed by atoms with Crippen molar-refractivity contribution in [1.29, 1.82) is 0 Å². The molecule has 0 heterocycles. The molecule has 0 aromatic carbocycles. The fraction of sp³-hybridized carbons (Fsp3) is 0.750. The average molecular weight is 188 g/mol. The predicted octanol–water partition coefficient (Wildman–Crippen LogP) is 2.46. The third-order valence-electron chi connectivity index (χ3n) is 1.10. The highest BCUT2D eigenvalue weighted by atomic mass is 31.2. The minimum absolute atomic E-state index is 0.150. The van der Waals surface area contributed by atoms with Gasteiger partial charge in [-0.2, -0.15) is 0 Å². The van der Waals surface area contributed by atoms with Gasteiger partial charge < -0.3 is 4.57 Å². The lowest BCUT2D eigenvalue weighted by Gasteiger charge is -2.07. The van der Waals surface area contributed by atoms with E-state index in [9.17, 15) is 4.57 Å². The summed E-state index contributed by atoms with van der Waals surface area (Å²) in [6.07, 6.45) is 1.63. The zero-order valence-corrected chi connectivity index (χ0v) is 9.30. The Bertz CT molecular complexity index is 237. The molecular weight excluding hydrogens is 171 g/mol. The third kappa shape index (κ3) is 4.45. The minimum Gasteiger partial charge on any atom is -0.316 e. The van der Waals surface area contributed by atoms with Gasteiger partial charge in [-0.3, -0.25) is 4.99 Å². The Morgan fingerprint density at radius 3 is 2.17 bits per heavy atom. The Hall–Kier alpha value is -0.430. The molecule has 0 N–H and O–H groups in total. The number of hydrogen-bond donors (Lipinski definition) is 0. The molecule has 0 rings (SSSR count). The Morgan fingerprint density at radius 1 is 1.42 bits per heavy atom. The van der Waals surface area contributed by atoms with Crippen LogP contribution in [0.5, 0.6) is 0 Å². The van der Waals surface area contributed by atoms with E-state index in [0.717, 1.165) is 0 Å². The fourth-order valence-corrected chi connectivity index (χ4v) is 1.56. The van der Waals surface area contributed by atoms with Crippen LogP contribution in [0.3, 0.4) is 0 Å². The molecule has 3 nitrogen and oxygen atoms in total. The third-order valence-corrected chi connectivity index (χ3v) is 2.29. The molecule has 70 valence electrons. The molecule has 0 saturated carbocycles. The maximum Gasteiger partial charge on any atom is 0.183 e. The number of hydrogen-bond acceptors (Lipinski definition) is 2. The van der Waals surface area contributed by atoms with Crippen LogP contribution in [0.4, 0.5) is 0 Å². The van der Waals surface area contributed by atoms with E-state index >= 15 is 0 Å². The van der Waals surface area contributed by atoms with Crippen molar-refractivity contribution in [3.8, 4) is 0 Å². The average Bonchev–Trinajstić information content (AvgIpc) is 1.83. The highest BCUT2D eigenvalue weighted by molar-refractivity contribution is 7.79. The maximum atomic E-state index is 11.6. The molecule has 12 heavy (non-hydrogen) atoms. The SMILES string of the molecule is CC=NC(=NC(C)C)P(C)(C)=O. The second-order valence-electron chi connectivity index (χ2n) is 3.26. The van der Waals surface area contributed by atoms with Gasteiger partial charge in [-0.15, -0.1) is 0 Å². The molecule has 0 aliphatic heterocycles. The highest BCUT2D eigenvalue weighted by Crippen LogP contribution is 2.38. The van der Waals surface area contributed by atoms with Gasteiger partial charge in [0.2, 0.25) is 0 Å². The quantitative estimate of drug-likeness (QED) is 0.373. The van der Waals surface area contributed by atoms with Gasteiger partial charge in [-0.05, 0) is 34.1 Å². The highest BCUT2D eigenvalue weighted by Gasteiger charge is 2.15. The van der Waals surface area contributed by atoms with Crippen molar-refractivity contribution in [3.05, 3.63) is 0 Å². The molecule has 0 aliphatic carbocycles. The molecule has 0 aromatic rings. The summed E-state index contributed by atoms with van der Waals surface area (Å²) in [5.41, 5.74) is 0.486. The molecule has 0 amide bonds. The van der Waals surface area contributed by atoms with E-state index in [-0.39, 0.29) is 6.04 Å². The molecule has 0 saturated heterocycles. The summed E-state index contributed by atoms with van der Waals surface area (Å²) >= 11 is 0. The molecule has 0 fully saturated rings. The summed E-state index contributed by atoms with van der Waals surface area (Å²) in [5.74, 6) is 0. The van der Waals surface area contributed by atoms with Crippen molar-refractivity contribution in [2.75, 3.05) is 13.3 Å². The summed E-state index contributed by atoms with van der Waals surface area (Å²) in [4.78, 5) is 8.19. The summed E-state index contributed by atoms with van der Waals surface area (Å²) in [5, 5.41) is 0. The summed E-state index contributed by atoms with van der Waals surface area (Å²) in [7, 11) is -2.29. The lowest BCUT2D eigenvalue weighted by molar-refractivity contribution is 0.589. The van der Waals surface area contributed by atoms with Crippen LogP contribution in [0.1, 0.15) is 20.8 Å². The Balaban J connectivity index is 4.80. The van der Waals surface area contributed by atoms with E-state index < -0.39 is 7.14 Å². The van der Waals surface area contributed by atoms with Gasteiger partial charge in [0.05, 0.1) is 0 Å². The van der Waals surface area contributed by atoms with Crippen LogP contribution < -0.4 is 0 Å². The Labute approximate surface area is 74.4 Å². The van der Waals surface area contributed by atoms with E-state index in [1.54, 1.807) is 26.5 Å². The largest absolute Gasteiger partial charge is 0.316 e. The first-order valence-corrected chi connectivity index (χ1v) is 6.60. The standard InChI is InChI=1S/C8H17N2OP/c1-6-9-8(10-7(2)3)12(4,5)11/h6-7H,1-5H3. The maximum absolute atomic E-state index is 11.6. The number of amidine groups is 1. The van der Waals surface area contributed by atoms with E-state index in [4.69, 9.17) is 0 Å². The van der Waals surface area contributed by atoms with E-state index in [1.165, 1.54) is 0 Å². The summed E-state index contributed by atoms with van der Waals surface area (Å²) in [6, 6.07) is 0.150. The van der Waals surface area contributed by atoms with Crippen LogP contribution in [0.25, 0.3) is 0 Å². The van der Waals surface area contributed by atoms with E-state index in [2.05, 4.69) is 9.98 Å². The number of nitrogens with zero attached hydrogens (tertiary/aromatic N) is 2. The van der Waals surface area contributed by atoms with Crippen LogP contribution in [0, 0.1) is 0 Å². The van der Waals surface area contributed by atoms with Crippen molar-refractivity contribution in [2.45, 2.75) is 26.8 Å². The first-order valence-electron chi connectivity index (χ1n) is 4.00. The normalized spacial score (nSPS) is 14.7. The van der Waals surface area contributed by atoms with Crippen molar-refractivity contribution in [1.82, 2.24) is 0 Å². The summed E-state index contributed by atoms with van der Waals surface area (Å²) < 4.78 is 11.6. The molecule has 0 aliphatic rings. The zero-order valence-electron chi connectivity index (χ0n) is 8.40. The molecule has 4 heteroatoms. The first kappa shape index (κ1) is 11.6. The van der Waals surface area contributed by atoms with Gasteiger partial charge in [0, 0.05) is 12.3 Å². The summed E-state index contributed by atoms with van der Waals surface area (Å²) in [6.45, 7) is 9.05. The lowest BCUT2D eigenvalue weighted by atomic mass is 10.4. The van der Waals surface area contributed by atoms with Crippen LogP contribution >= 0.6 is 7.14 Å². The van der Waals surface area contributed by atoms with E-state index in [1.807, 2.05) is 13.8 Å². The Kier molecular flexibility index (Phi) is 4.40.